The third-order valence-corrected chi connectivity index (χ3v) is 1.18. The number of aryl methyl sites for hydroxylation is 1. The van der Waals surface area contributed by atoms with Crippen molar-refractivity contribution in [2.75, 3.05) is 7.11 Å². The molecule has 1 heterocycles. The van der Waals surface area contributed by atoms with Gasteiger partial charge in [0.2, 0.25) is 0 Å². The molecule has 0 radical (unpaired) electrons. The molecule has 0 spiro atoms. The quantitative estimate of drug-likeness (QED) is 0.270. The number of hydrogen-bond acceptors (Lipinski definition) is 5. The highest BCUT2D eigenvalue weighted by molar-refractivity contribution is 8.06. The highest BCUT2D eigenvalue weighted by Gasteiger charge is 1.97. The summed E-state index contributed by atoms with van der Waals surface area (Å²) in [6.07, 6.45) is 1.25. The molecule has 6 N–H and O–H groups in total. The van der Waals surface area contributed by atoms with Crippen molar-refractivity contribution in [1.82, 2.24) is 9.97 Å². The van der Waals surface area contributed by atoms with E-state index in [-0.39, 0.29) is 0 Å². The number of hydrogen-bond donors (Lipinski definition) is 6. The van der Waals surface area contributed by atoms with Crippen molar-refractivity contribution in [2.45, 2.75) is 41.0 Å². The molecule has 14 heteroatoms. The maximum atomic E-state index is 7.56. The van der Waals surface area contributed by atoms with Gasteiger partial charge in [-0.1, -0.05) is 45.7 Å². The van der Waals surface area contributed by atoms with Gasteiger partial charge in [0.05, 0.1) is 7.11 Å². The average Bonchev–Trinajstić information content (AvgIpc) is 2.37. The summed E-state index contributed by atoms with van der Waals surface area (Å²) >= 11 is 12.8. The van der Waals surface area contributed by atoms with Crippen LogP contribution in [-0.4, -0.2) is 46.4 Å². The maximum absolute atomic E-state index is 7.56. The molecule has 0 aliphatic carbocycles. The first-order chi connectivity index (χ1) is 11.1. The average molecular weight is 461 g/mol. The van der Waals surface area contributed by atoms with Crippen LogP contribution in [0.15, 0.2) is 6.07 Å². The first-order valence-electron chi connectivity index (χ1n) is 6.75. The number of ether oxygens (including phenoxy) is 1. The molecule has 0 aliphatic rings. The lowest BCUT2D eigenvalue weighted by Gasteiger charge is -1.97. The third kappa shape index (κ3) is 59.1. The Morgan fingerprint density at radius 3 is 1.48 bits per heavy atom. The molecule has 0 aromatic carbocycles. The van der Waals surface area contributed by atoms with E-state index in [2.05, 4.69) is 47.4 Å². The minimum atomic E-state index is -3.81. The van der Waals surface area contributed by atoms with Crippen molar-refractivity contribution in [1.29, 1.82) is 0 Å². The Labute approximate surface area is 163 Å². The largest absolute Gasteiger partial charge is 0.467 e. The summed E-state index contributed by atoms with van der Waals surface area (Å²) in [5.41, 5.74) is 0.803. The SMILES string of the molecule is CC.CCC.COc1nc(C)cc(Cl)n1.OP(O)(O)=S.OP(O)(O)=S. The van der Waals surface area contributed by atoms with Gasteiger partial charge >= 0.3 is 19.4 Å². The van der Waals surface area contributed by atoms with Crippen LogP contribution >= 0.6 is 25.0 Å². The number of nitrogens with zero attached hydrogens (tertiary/aromatic N) is 2. The number of halogens is 1. The molecule has 0 saturated carbocycles. The molecule has 0 aliphatic heterocycles. The third-order valence-electron chi connectivity index (χ3n) is 0.985. The molecule has 0 atom stereocenters. The van der Waals surface area contributed by atoms with E-state index in [4.69, 9.17) is 45.7 Å². The summed E-state index contributed by atoms with van der Waals surface area (Å²) in [5.74, 6) is 0. The van der Waals surface area contributed by atoms with Gasteiger partial charge in [0.1, 0.15) is 5.15 Å². The van der Waals surface area contributed by atoms with E-state index in [1.165, 1.54) is 13.5 Å². The predicted octanol–water partition coefficient (Wildman–Crippen LogP) is 2.27. The van der Waals surface area contributed by atoms with E-state index in [9.17, 15) is 0 Å². The highest BCUT2D eigenvalue weighted by atomic mass is 35.5. The van der Waals surface area contributed by atoms with Crippen molar-refractivity contribution in [3.8, 4) is 6.01 Å². The normalized spacial score (nSPS) is 9.48. The van der Waals surface area contributed by atoms with Crippen LogP contribution in [-0.2, 0) is 23.6 Å². The second-order valence-electron chi connectivity index (χ2n) is 3.55. The minimum absolute atomic E-state index is 0.310. The van der Waals surface area contributed by atoms with E-state index in [1.807, 2.05) is 20.8 Å². The standard InChI is InChI=1S/C6H7ClN2O.C3H8.C2H6.2H3O3PS/c1-4-3-5(7)9-6(8-4)10-2;1-3-2;1-2;2*1-4(2,3)5/h3H,1-2H3;3H2,1-2H3;1-2H3;2*(H3,1,2,3,5). The van der Waals surface area contributed by atoms with Gasteiger partial charge in [0, 0.05) is 5.69 Å². The summed E-state index contributed by atoms with van der Waals surface area (Å²) in [5, 5.41) is 0.407. The molecule has 0 fully saturated rings. The van der Waals surface area contributed by atoms with Crippen LogP contribution < -0.4 is 4.74 Å². The van der Waals surface area contributed by atoms with Gasteiger partial charge in [0.15, 0.2) is 0 Å². The highest BCUT2D eigenvalue weighted by Crippen LogP contribution is 2.26. The van der Waals surface area contributed by atoms with E-state index >= 15 is 0 Å². The number of aromatic nitrogens is 2. The van der Waals surface area contributed by atoms with Gasteiger partial charge < -0.3 is 34.1 Å². The Hall–Kier alpha value is 0.230. The predicted molar refractivity (Wildman–Crippen MR) is 108 cm³/mol. The van der Waals surface area contributed by atoms with Gasteiger partial charge in [-0.3, -0.25) is 0 Å². The molecule has 152 valence electrons. The molecule has 0 bridgehead atoms. The van der Waals surface area contributed by atoms with Crippen LogP contribution in [0.5, 0.6) is 6.01 Å². The fourth-order valence-electron chi connectivity index (χ4n) is 0.595. The lowest BCUT2D eigenvalue weighted by Crippen LogP contribution is -1.93. The van der Waals surface area contributed by atoms with Crippen LogP contribution in [0.25, 0.3) is 0 Å². The minimum Gasteiger partial charge on any atom is -0.467 e. The summed E-state index contributed by atoms with van der Waals surface area (Å²) in [4.78, 5) is 53.1. The molecule has 25 heavy (non-hydrogen) atoms. The first kappa shape index (κ1) is 32.9. The van der Waals surface area contributed by atoms with E-state index in [0.29, 0.717) is 11.2 Å². The Kier molecular flexibility index (Phi) is 25.0. The zero-order chi connectivity index (χ0) is 21.3. The smallest absolute Gasteiger partial charge is 0.319 e. The van der Waals surface area contributed by atoms with Gasteiger partial charge in [-0.05, 0) is 36.6 Å². The lowest BCUT2D eigenvalue weighted by molar-refractivity contribution is 0.361. The van der Waals surface area contributed by atoms with Crippen LogP contribution in [0, 0.1) is 6.92 Å². The lowest BCUT2D eigenvalue weighted by atomic mass is 10.5. The van der Waals surface area contributed by atoms with E-state index in [0.717, 1.165) is 5.69 Å². The Morgan fingerprint density at radius 2 is 1.28 bits per heavy atom. The van der Waals surface area contributed by atoms with Crippen molar-refractivity contribution in [2.24, 2.45) is 0 Å². The van der Waals surface area contributed by atoms with Gasteiger partial charge in [-0.25, -0.2) is 4.98 Å². The Bertz CT molecular complexity index is 472. The first-order valence-corrected chi connectivity index (χ1v) is 12.5. The van der Waals surface area contributed by atoms with Crippen molar-refractivity contribution < 1.29 is 34.1 Å². The number of methoxy groups -OCH3 is 1. The Balaban J connectivity index is -0.000000126. The monoisotopic (exact) mass is 460 g/mol. The van der Waals surface area contributed by atoms with Crippen LogP contribution in [0.4, 0.5) is 0 Å². The van der Waals surface area contributed by atoms with Crippen LogP contribution in [0.2, 0.25) is 5.15 Å². The van der Waals surface area contributed by atoms with Gasteiger partial charge in [-0.15, -0.1) is 0 Å². The molecular weight excluding hydrogens is 434 g/mol. The van der Waals surface area contributed by atoms with E-state index in [1.54, 1.807) is 6.07 Å². The number of rotatable bonds is 1. The molecular formula is C11H27ClN2O7P2S2. The molecule has 1 aromatic rings. The van der Waals surface area contributed by atoms with Gasteiger partial charge in [0.25, 0.3) is 0 Å². The van der Waals surface area contributed by atoms with Crippen molar-refractivity contribution in [3.05, 3.63) is 16.9 Å². The molecule has 0 amide bonds. The Morgan fingerprint density at radius 1 is 1.00 bits per heavy atom. The fourth-order valence-corrected chi connectivity index (χ4v) is 0.826. The topological polar surface area (TPSA) is 156 Å². The fraction of sp³-hybridized carbons (Fsp3) is 0.636. The molecule has 9 nitrogen and oxygen atoms in total. The second kappa shape index (κ2) is 19.0. The van der Waals surface area contributed by atoms with Crippen molar-refractivity contribution in [3.63, 3.8) is 0 Å². The zero-order valence-corrected chi connectivity index (χ0v) is 19.0. The summed E-state index contributed by atoms with van der Waals surface area (Å²) < 4.78 is 4.77. The molecule has 1 aromatic heterocycles. The summed E-state index contributed by atoms with van der Waals surface area (Å²) in [6.45, 7) is 2.47. The molecule has 0 unspecified atom stereocenters. The van der Waals surface area contributed by atoms with Crippen LogP contribution in [0.3, 0.4) is 0 Å². The summed E-state index contributed by atoms with van der Waals surface area (Å²) in [7, 11) is 1.51. The summed E-state index contributed by atoms with van der Waals surface area (Å²) in [6, 6.07) is 1.98. The second-order valence-corrected chi connectivity index (χ2v) is 8.93. The van der Waals surface area contributed by atoms with Crippen molar-refractivity contribution >= 4 is 48.7 Å². The van der Waals surface area contributed by atoms with Crippen LogP contribution in [0.1, 0.15) is 39.8 Å². The zero-order valence-electron chi connectivity index (χ0n) is 14.9. The van der Waals surface area contributed by atoms with E-state index < -0.39 is 13.4 Å². The maximum Gasteiger partial charge on any atom is 0.319 e. The van der Waals surface area contributed by atoms with Gasteiger partial charge in [-0.2, -0.15) is 4.98 Å². The molecule has 1 rings (SSSR count). The molecule has 0 saturated heterocycles.